The Kier molecular flexibility index (Phi) is 4.03. The van der Waals surface area contributed by atoms with Crippen LogP contribution in [0.4, 0.5) is 0 Å². The van der Waals surface area contributed by atoms with E-state index in [4.69, 9.17) is 16.3 Å². The number of hydrogen-bond donors (Lipinski definition) is 0. The number of ether oxygens (including phenoxy) is 1. The first-order valence-electron chi connectivity index (χ1n) is 5.49. The lowest BCUT2D eigenvalue weighted by Gasteiger charge is -2.25. The van der Waals surface area contributed by atoms with Crippen LogP contribution in [-0.2, 0) is 4.74 Å². The predicted octanol–water partition coefficient (Wildman–Crippen LogP) is 2.54. The van der Waals surface area contributed by atoms with Gasteiger partial charge in [-0.05, 0) is 17.7 Å². The zero-order valence-electron chi connectivity index (χ0n) is 9.40. The van der Waals surface area contributed by atoms with E-state index in [1.807, 2.05) is 18.3 Å². The van der Waals surface area contributed by atoms with Crippen molar-refractivity contribution in [1.29, 1.82) is 5.26 Å². The lowest BCUT2D eigenvalue weighted by molar-refractivity contribution is 0.0596. The largest absolute Gasteiger partial charge is 0.378 e. The van der Waals surface area contributed by atoms with Crippen LogP contribution in [0.25, 0.3) is 5.57 Å². The van der Waals surface area contributed by atoms with Gasteiger partial charge in [0, 0.05) is 24.3 Å². The molecule has 0 N–H and O–H groups in total. The summed E-state index contributed by atoms with van der Waals surface area (Å²) in [4.78, 5) is 2.11. The molecule has 1 aromatic rings. The van der Waals surface area contributed by atoms with Crippen molar-refractivity contribution < 1.29 is 4.74 Å². The van der Waals surface area contributed by atoms with E-state index < -0.39 is 0 Å². The predicted molar refractivity (Wildman–Crippen MR) is 67.4 cm³/mol. The van der Waals surface area contributed by atoms with E-state index in [2.05, 4.69) is 11.0 Å². The van der Waals surface area contributed by atoms with Crippen molar-refractivity contribution in [3.05, 3.63) is 41.1 Å². The molecule has 4 heteroatoms. The third-order valence-corrected chi connectivity index (χ3v) is 2.89. The van der Waals surface area contributed by atoms with Gasteiger partial charge < -0.3 is 9.64 Å². The Bertz CT molecular complexity index is 441. The second-order valence-electron chi connectivity index (χ2n) is 3.81. The van der Waals surface area contributed by atoms with Gasteiger partial charge in [0.2, 0.25) is 0 Å². The Hall–Kier alpha value is -1.50. The van der Waals surface area contributed by atoms with Crippen molar-refractivity contribution >= 4 is 17.2 Å². The fourth-order valence-electron chi connectivity index (χ4n) is 1.69. The fraction of sp³-hybridized carbons (Fsp3) is 0.308. The van der Waals surface area contributed by atoms with Gasteiger partial charge in [0.05, 0.1) is 18.8 Å². The quantitative estimate of drug-likeness (QED) is 0.755. The Morgan fingerprint density at radius 1 is 1.29 bits per heavy atom. The van der Waals surface area contributed by atoms with Gasteiger partial charge in [-0.3, -0.25) is 0 Å². The van der Waals surface area contributed by atoms with E-state index in [1.54, 1.807) is 12.1 Å². The van der Waals surface area contributed by atoms with Gasteiger partial charge in [-0.1, -0.05) is 23.7 Å². The lowest BCUT2D eigenvalue weighted by Crippen LogP contribution is -2.32. The minimum absolute atomic E-state index is 0.656. The summed E-state index contributed by atoms with van der Waals surface area (Å²) in [5.41, 5.74) is 1.55. The van der Waals surface area contributed by atoms with Crippen LogP contribution >= 0.6 is 11.6 Å². The molecular formula is C13H13ClN2O. The Balaban J connectivity index is 2.18. The van der Waals surface area contributed by atoms with Gasteiger partial charge in [0.25, 0.3) is 0 Å². The third-order valence-electron chi connectivity index (χ3n) is 2.63. The van der Waals surface area contributed by atoms with E-state index in [0.717, 1.165) is 31.9 Å². The number of morpholine rings is 1. The fourth-order valence-corrected chi connectivity index (χ4v) is 1.81. The first-order chi connectivity index (χ1) is 8.29. The van der Waals surface area contributed by atoms with Gasteiger partial charge in [0.1, 0.15) is 6.07 Å². The number of nitrogens with zero attached hydrogens (tertiary/aromatic N) is 2. The number of halogens is 1. The summed E-state index contributed by atoms with van der Waals surface area (Å²) in [7, 11) is 0. The highest BCUT2D eigenvalue weighted by Crippen LogP contribution is 2.18. The van der Waals surface area contributed by atoms with Crippen molar-refractivity contribution in [2.45, 2.75) is 0 Å². The molecule has 1 aromatic carbocycles. The van der Waals surface area contributed by atoms with Crippen LogP contribution < -0.4 is 0 Å². The van der Waals surface area contributed by atoms with E-state index in [-0.39, 0.29) is 0 Å². The first kappa shape index (κ1) is 12.0. The molecule has 3 nitrogen and oxygen atoms in total. The van der Waals surface area contributed by atoms with Gasteiger partial charge in [-0.15, -0.1) is 0 Å². The average Bonchev–Trinajstić information content (AvgIpc) is 2.38. The van der Waals surface area contributed by atoms with Gasteiger partial charge >= 0.3 is 0 Å². The minimum atomic E-state index is 0.656. The van der Waals surface area contributed by atoms with Crippen molar-refractivity contribution in [3.8, 4) is 6.07 Å². The minimum Gasteiger partial charge on any atom is -0.378 e. The molecule has 1 saturated heterocycles. The maximum atomic E-state index is 9.17. The summed E-state index contributed by atoms with van der Waals surface area (Å²) in [5, 5.41) is 9.85. The monoisotopic (exact) mass is 248 g/mol. The van der Waals surface area contributed by atoms with Crippen molar-refractivity contribution in [2.75, 3.05) is 26.3 Å². The smallest absolute Gasteiger partial charge is 0.101 e. The Morgan fingerprint density at radius 2 is 1.94 bits per heavy atom. The molecule has 1 heterocycles. The Labute approximate surface area is 106 Å². The molecule has 0 aromatic heterocycles. The van der Waals surface area contributed by atoms with Crippen molar-refractivity contribution in [1.82, 2.24) is 4.90 Å². The highest BCUT2D eigenvalue weighted by molar-refractivity contribution is 6.30. The molecule has 0 saturated carbocycles. The van der Waals surface area contributed by atoms with E-state index in [1.165, 1.54) is 0 Å². The van der Waals surface area contributed by atoms with Crippen LogP contribution in [0.3, 0.4) is 0 Å². The van der Waals surface area contributed by atoms with Crippen LogP contribution in [-0.4, -0.2) is 31.2 Å². The van der Waals surface area contributed by atoms with Crippen LogP contribution in [0.2, 0.25) is 5.02 Å². The third kappa shape index (κ3) is 3.23. The van der Waals surface area contributed by atoms with Crippen LogP contribution in [0.15, 0.2) is 30.5 Å². The zero-order valence-corrected chi connectivity index (χ0v) is 10.2. The van der Waals surface area contributed by atoms with Crippen LogP contribution in [0.5, 0.6) is 0 Å². The van der Waals surface area contributed by atoms with Gasteiger partial charge in [-0.25, -0.2) is 0 Å². The van der Waals surface area contributed by atoms with Crippen molar-refractivity contribution in [2.24, 2.45) is 0 Å². The molecule has 0 aliphatic carbocycles. The highest BCUT2D eigenvalue weighted by Gasteiger charge is 2.08. The second-order valence-corrected chi connectivity index (χ2v) is 4.25. The topological polar surface area (TPSA) is 36.3 Å². The number of hydrogen-bond acceptors (Lipinski definition) is 3. The molecule has 0 amide bonds. The Morgan fingerprint density at radius 3 is 2.53 bits per heavy atom. The summed E-state index contributed by atoms with van der Waals surface area (Å²) >= 11 is 5.82. The molecule has 88 valence electrons. The maximum Gasteiger partial charge on any atom is 0.101 e. The summed E-state index contributed by atoms with van der Waals surface area (Å²) in [6, 6.07) is 9.52. The molecule has 0 atom stereocenters. The number of rotatable bonds is 2. The summed E-state index contributed by atoms with van der Waals surface area (Å²) in [6.45, 7) is 3.10. The maximum absolute atomic E-state index is 9.17. The number of benzene rings is 1. The second kappa shape index (κ2) is 5.72. The molecule has 0 spiro atoms. The molecule has 1 aliphatic rings. The molecule has 1 aliphatic heterocycles. The number of nitriles is 1. The standard InChI is InChI=1S/C13H13ClN2O/c14-13-3-1-11(2-4-13)12(9-15)10-16-5-7-17-8-6-16/h1-4,10H,5-8H2/b12-10-. The molecule has 2 rings (SSSR count). The summed E-state index contributed by atoms with van der Waals surface area (Å²) in [6.07, 6.45) is 1.89. The molecule has 0 radical (unpaired) electrons. The average molecular weight is 249 g/mol. The van der Waals surface area contributed by atoms with E-state index >= 15 is 0 Å². The van der Waals surface area contributed by atoms with E-state index in [9.17, 15) is 5.26 Å². The SMILES string of the molecule is N#C/C(=C/N1CCOCC1)c1ccc(Cl)cc1. The summed E-state index contributed by atoms with van der Waals surface area (Å²) < 4.78 is 5.27. The number of allylic oxidation sites excluding steroid dienone is 1. The molecule has 1 fully saturated rings. The molecular weight excluding hydrogens is 236 g/mol. The van der Waals surface area contributed by atoms with Crippen LogP contribution in [0, 0.1) is 11.3 Å². The van der Waals surface area contributed by atoms with Gasteiger partial charge in [-0.2, -0.15) is 5.26 Å². The van der Waals surface area contributed by atoms with E-state index in [0.29, 0.717) is 10.6 Å². The van der Waals surface area contributed by atoms with Crippen molar-refractivity contribution in [3.63, 3.8) is 0 Å². The van der Waals surface area contributed by atoms with Gasteiger partial charge in [0.15, 0.2) is 0 Å². The highest BCUT2D eigenvalue weighted by atomic mass is 35.5. The lowest BCUT2D eigenvalue weighted by atomic mass is 10.1. The zero-order chi connectivity index (χ0) is 12.1. The molecule has 17 heavy (non-hydrogen) atoms. The normalized spacial score (nSPS) is 16.7. The first-order valence-corrected chi connectivity index (χ1v) is 5.87. The summed E-state index contributed by atoms with van der Waals surface area (Å²) in [5.74, 6) is 0. The van der Waals surface area contributed by atoms with Crippen LogP contribution in [0.1, 0.15) is 5.56 Å². The molecule has 0 unspecified atom stereocenters. The molecule has 0 bridgehead atoms.